The van der Waals surface area contributed by atoms with Gasteiger partial charge in [-0.05, 0) is 57.0 Å². The maximum Gasteiger partial charge on any atom is 0.335 e. The average Bonchev–Trinajstić information content (AvgIpc) is 2.68. The number of hydrogen-bond donors (Lipinski definition) is 2. The molecule has 7 heteroatoms. The lowest BCUT2D eigenvalue weighted by molar-refractivity contribution is -0.121. The number of piperidine rings is 1. The predicted octanol–water partition coefficient (Wildman–Crippen LogP) is 3.63. The molecular weight excluding hydrogens is 375 g/mol. The van der Waals surface area contributed by atoms with Crippen LogP contribution in [-0.4, -0.2) is 40.9 Å². The summed E-state index contributed by atoms with van der Waals surface area (Å²) in [5.41, 5.74) is 2.33. The number of aryl methyl sites for hydroxylation is 2. The van der Waals surface area contributed by atoms with Gasteiger partial charge in [0.2, 0.25) is 5.91 Å². The van der Waals surface area contributed by atoms with Gasteiger partial charge in [0.05, 0.1) is 17.2 Å². The highest BCUT2D eigenvalue weighted by atomic mass is 19.1. The van der Waals surface area contributed by atoms with E-state index in [1.165, 1.54) is 12.1 Å². The first-order valence-corrected chi connectivity index (χ1v) is 9.46. The number of nitrogens with one attached hydrogen (secondary N) is 1. The van der Waals surface area contributed by atoms with E-state index < -0.39 is 17.7 Å². The summed E-state index contributed by atoms with van der Waals surface area (Å²) >= 11 is 0. The molecule has 2 aromatic rings. The van der Waals surface area contributed by atoms with Crippen LogP contribution in [0.4, 0.5) is 10.1 Å². The van der Waals surface area contributed by atoms with Gasteiger partial charge >= 0.3 is 5.97 Å². The van der Waals surface area contributed by atoms with E-state index in [4.69, 9.17) is 5.11 Å². The zero-order valence-electron chi connectivity index (χ0n) is 16.4. The van der Waals surface area contributed by atoms with Gasteiger partial charge in [-0.3, -0.25) is 9.59 Å². The lowest BCUT2D eigenvalue weighted by Crippen LogP contribution is -2.43. The molecule has 6 nitrogen and oxygen atoms in total. The third-order valence-electron chi connectivity index (χ3n) is 5.02. The summed E-state index contributed by atoms with van der Waals surface area (Å²) in [6, 6.07) is 8.99. The Morgan fingerprint density at radius 1 is 1.07 bits per heavy atom. The van der Waals surface area contributed by atoms with Crippen molar-refractivity contribution in [2.24, 2.45) is 5.92 Å². The second-order valence-electron chi connectivity index (χ2n) is 7.46. The third kappa shape index (κ3) is 4.80. The summed E-state index contributed by atoms with van der Waals surface area (Å²) in [6.07, 6.45) is 1.27. The van der Waals surface area contributed by atoms with Crippen LogP contribution in [0.25, 0.3) is 0 Å². The number of carbonyl (C=O) groups excluding carboxylic acids is 2. The molecule has 1 fully saturated rings. The van der Waals surface area contributed by atoms with Crippen LogP contribution in [0.5, 0.6) is 0 Å². The summed E-state index contributed by atoms with van der Waals surface area (Å²) in [4.78, 5) is 38.0. The van der Waals surface area contributed by atoms with E-state index in [1.54, 1.807) is 4.90 Å². The minimum Gasteiger partial charge on any atom is -0.478 e. The Labute approximate surface area is 168 Å². The number of benzene rings is 2. The normalized spacial score (nSPS) is 16.4. The standard InChI is InChI=1S/C22H23FN2O4/c1-13-8-14(2)10-17(9-13)21(27)25-7-3-4-16(12-25)20(26)24-19-6-5-15(22(28)29)11-18(19)23/h5-6,8-11,16H,3-4,7,12H2,1-2H3,(H,24,26)(H,28,29). The van der Waals surface area contributed by atoms with Gasteiger partial charge in [0.1, 0.15) is 5.82 Å². The van der Waals surface area contributed by atoms with Crippen molar-refractivity contribution in [1.82, 2.24) is 4.90 Å². The van der Waals surface area contributed by atoms with Gasteiger partial charge < -0.3 is 15.3 Å². The number of rotatable bonds is 4. The first-order valence-electron chi connectivity index (χ1n) is 9.46. The molecule has 1 atom stereocenters. The maximum atomic E-state index is 14.1. The molecule has 0 bridgehead atoms. The smallest absolute Gasteiger partial charge is 0.335 e. The van der Waals surface area contributed by atoms with Gasteiger partial charge in [0.15, 0.2) is 0 Å². The minimum absolute atomic E-state index is 0.0715. The van der Waals surface area contributed by atoms with Crippen molar-refractivity contribution >= 4 is 23.5 Å². The Morgan fingerprint density at radius 3 is 2.38 bits per heavy atom. The maximum absolute atomic E-state index is 14.1. The van der Waals surface area contributed by atoms with E-state index in [2.05, 4.69) is 5.32 Å². The monoisotopic (exact) mass is 398 g/mol. The van der Waals surface area contributed by atoms with Gasteiger partial charge in [-0.15, -0.1) is 0 Å². The summed E-state index contributed by atoms with van der Waals surface area (Å²) < 4.78 is 14.1. The highest BCUT2D eigenvalue weighted by Gasteiger charge is 2.29. The van der Waals surface area contributed by atoms with Crippen molar-refractivity contribution in [3.05, 3.63) is 64.5 Å². The van der Waals surface area contributed by atoms with Crippen molar-refractivity contribution in [3.63, 3.8) is 0 Å². The Kier molecular flexibility index (Phi) is 5.96. The molecule has 0 spiro atoms. The highest BCUT2D eigenvalue weighted by Crippen LogP contribution is 2.23. The Morgan fingerprint density at radius 2 is 1.76 bits per heavy atom. The van der Waals surface area contributed by atoms with Crippen LogP contribution in [0.2, 0.25) is 0 Å². The predicted molar refractivity (Wildman–Crippen MR) is 107 cm³/mol. The fourth-order valence-electron chi connectivity index (χ4n) is 3.64. The summed E-state index contributed by atoms with van der Waals surface area (Å²) in [5.74, 6) is -3.01. The number of nitrogens with zero attached hydrogens (tertiary/aromatic N) is 1. The minimum atomic E-state index is -1.24. The third-order valence-corrected chi connectivity index (χ3v) is 5.02. The SMILES string of the molecule is Cc1cc(C)cc(C(=O)N2CCCC(C(=O)Nc3ccc(C(=O)O)cc3F)C2)c1. The lowest BCUT2D eigenvalue weighted by atomic mass is 9.96. The first-order chi connectivity index (χ1) is 13.7. The van der Waals surface area contributed by atoms with E-state index >= 15 is 0 Å². The molecule has 2 N–H and O–H groups in total. The summed E-state index contributed by atoms with van der Waals surface area (Å²) in [7, 11) is 0. The van der Waals surface area contributed by atoms with Gasteiger partial charge in [0.25, 0.3) is 5.91 Å². The van der Waals surface area contributed by atoms with Crippen LogP contribution in [0, 0.1) is 25.6 Å². The van der Waals surface area contributed by atoms with Crippen LogP contribution in [0.15, 0.2) is 36.4 Å². The van der Waals surface area contributed by atoms with Gasteiger partial charge in [-0.1, -0.05) is 17.2 Å². The number of anilines is 1. The van der Waals surface area contributed by atoms with Gasteiger partial charge in [-0.2, -0.15) is 0 Å². The van der Waals surface area contributed by atoms with Crippen LogP contribution in [0.1, 0.15) is 44.7 Å². The summed E-state index contributed by atoms with van der Waals surface area (Å²) in [6.45, 7) is 4.69. The number of amides is 2. The van der Waals surface area contributed by atoms with Crippen molar-refractivity contribution in [2.45, 2.75) is 26.7 Å². The largest absolute Gasteiger partial charge is 0.478 e. The van der Waals surface area contributed by atoms with Crippen LogP contribution in [-0.2, 0) is 4.79 Å². The fourth-order valence-corrected chi connectivity index (χ4v) is 3.64. The van der Waals surface area contributed by atoms with Crippen molar-refractivity contribution < 1.29 is 23.9 Å². The average molecular weight is 398 g/mol. The topological polar surface area (TPSA) is 86.7 Å². The summed E-state index contributed by atoms with van der Waals surface area (Å²) in [5, 5.41) is 11.4. The molecule has 0 aromatic heterocycles. The number of halogens is 1. The van der Waals surface area contributed by atoms with Crippen molar-refractivity contribution in [2.75, 3.05) is 18.4 Å². The van der Waals surface area contributed by atoms with Crippen molar-refractivity contribution in [1.29, 1.82) is 0 Å². The van der Waals surface area contributed by atoms with Crippen LogP contribution in [0.3, 0.4) is 0 Å². The molecule has 2 aromatic carbocycles. The van der Waals surface area contributed by atoms with E-state index in [-0.39, 0.29) is 29.6 Å². The Hall–Kier alpha value is -3.22. The molecule has 2 amide bonds. The molecular formula is C22H23FN2O4. The zero-order chi connectivity index (χ0) is 21.1. The highest BCUT2D eigenvalue weighted by molar-refractivity contribution is 5.97. The molecule has 1 aliphatic rings. The number of carbonyl (C=O) groups is 3. The van der Waals surface area contributed by atoms with Crippen molar-refractivity contribution in [3.8, 4) is 0 Å². The first kappa shape index (κ1) is 20.5. The van der Waals surface area contributed by atoms with Gasteiger partial charge in [-0.25, -0.2) is 9.18 Å². The zero-order valence-corrected chi connectivity index (χ0v) is 16.4. The molecule has 152 valence electrons. The second-order valence-corrected chi connectivity index (χ2v) is 7.46. The van der Waals surface area contributed by atoms with E-state index in [1.807, 2.05) is 32.0 Å². The van der Waals surface area contributed by atoms with E-state index in [0.29, 0.717) is 24.9 Å². The van der Waals surface area contributed by atoms with Crippen LogP contribution < -0.4 is 5.32 Å². The molecule has 1 unspecified atom stereocenters. The quantitative estimate of drug-likeness (QED) is 0.823. The number of aromatic carboxylic acids is 1. The molecule has 1 aliphatic heterocycles. The molecule has 0 radical (unpaired) electrons. The van der Waals surface area contributed by atoms with Crippen LogP contribution >= 0.6 is 0 Å². The Balaban J connectivity index is 1.69. The molecule has 1 saturated heterocycles. The molecule has 3 rings (SSSR count). The molecule has 0 aliphatic carbocycles. The van der Waals surface area contributed by atoms with E-state index in [9.17, 15) is 18.8 Å². The van der Waals surface area contributed by atoms with E-state index in [0.717, 1.165) is 17.2 Å². The number of carboxylic acids is 1. The number of likely N-dealkylation sites (tertiary alicyclic amines) is 1. The molecule has 1 heterocycles. The lowest BCUT2D eigenvalue weighted by Gasteiger charge is -2.32. The molecule has 0 saturated carbocycles. The second kappa shape index (κ2) is 8.43. The number of hydrogen-bond acceptors (Lipinski definition) is 3. The number of carboxylic acid groups (broad SMARTS) is 1. The molecule has 29 heavy (non-hydrogen) atoms. The Bertz CT molecular complexity index is 953. The van der Waals surface area contributed by atoms with Gasteiger partial charge in [0, 0.05) is 18.7 Å². The fraction of sp³-hybridized carbons (Fsp3) is 0.318.